The van der Waals surface area contributed by atoms with Crippen LogP contribution in [0.1, 0.15) is 18.5 Å². The third-order valence-electron chi connectivity index (χ3n) is 2.13. The Kier molecular flexibility index (Phi) is 4.90. The molecule has 1 aromatic rings. The van der Waals surface area contributed by atoms with E-state index in [9.17, 15) is 9.70 Å². The van der Waals surface area contributed by atoms with Crippen LogP contribution in [0.2, 0.25) is 0 Å². The third kappa shape index (κ3) is 3.71. The molecule has 0 aliphatic heterocycles. The van der Waals surface area contributed by atoms with Crippen LogP contribution in [0.3, 0.4) is 0 Å². The lowest BCUT2D eigenvalue weighted by Gasteiger charge is -2.20. The number of rotatable bonds is 4. The quantitative estimate of drug-likeness (QED) is 0.389. The van der Waals surface area contributed by atoms with Gasteiger partial charge in [0.15, 0.2) is 0 Å². The number of alkyl halides is 1. The molecule has 5 nitrogen and oxygen atoms in total. The molecule has 1 N–H and O–H groups in total. The first kappa shape index (κ1) is 13.4. The molecule has 0 bridgehead atoms. The summed E-state index contributed by atoms with van der Waals surface area (Å²) in [6, 6.07) is 8.02. The summed E-state index contributed by atoms with van der Waals surface area (Å²) in [6.07, 6.45) is 0. The normalized spacial score (nSPS) is 13.6. The van der Waals surface area contributed by atoms with Gasteiger partial charge >= 0.3 is 6.03 Å². The fraction of sp³-hybridized carbons (Fsp3) is 0.273. The molecule has 0 aromatic heterocycles. The summed E-state index contributed by atoms with van der Waals surface area (Å²) in [5.74, 6) is 0. The van der Waals surface area contributed by atoms with Crippen molar-refractivity contribution in [2.75, 3.05) is 0 Å². The first-order valence-corrected chi connectivity index (χ1v) is 5.45. The van der Waals surface area contributed by atoms with E-state index in [4.69, 9.17) is 11.6 Å². The zero-order chi connectivity index (χ0) is 12.8. The van der Waals surface area contributed by atoms with Crippen molar-refractivity contribution in [2.24, 2.45) is 5.29 Å². The SMILES string of the molecule is [CH2]C(NC(=O)N(N=O)C(C)Cl)c1ccccc1. The van der Waals surface area contributed by atoms with Gasteiger partial charge in [0, 0.05) is 0 Å². The molecule has 17 heavy (non-hydrogen) atoms. The Morgan fingerprint density at radius 1 is 1.47 bits per heavy atom. The lowest BCUT2D eigenvalue weighted by atomic mass is 10.1. The molecule has 0 saturated carbocycles. The number of hydrogen-bond acceptors (Lipinski definition) is 3. The zero-order valence-electron chi connectivity index (χ0n) is 9.34. The van der Waals surface area contributed by atoms with E-state index in [1.807, 2.05) is 30.3 Å². The fourth-order valence-corrected chi connectivity index (χ4v) is 1.37. The standard InChI is InChI=1S/C11H13ClN3O2/c1-8(10-6-4-3-5-7-10)13-11(16)15(14-17)9(2)12/h3-9H,1H2,2H3,(H,13,16). The van der Waals surface area contributed by atoms with Crippen LogP contribution in [0.25, 0.3) is 0 Å². The van der Waals surface area contributed by atoms with Crippen LogP contribution in [0.4, 0.5) is 4.79 Å². The number of hydrogen-bond donors (Lipinski definition) is 1. The maximum atomic E-state index is 11.6. The molecule has 0 aliphatic carbocycles. The summed E-state index contributed by atoms with van der Waals surface area (Å²) in [4.78, 5) is 22.0. The largest absolute Gasteiger partial charge is 0.342 e. The first-order valence-electron chi connectivity index (χ1n) is 5.01. The molecule has 0 saturated heterocycles. The van der Waals surface area contributed by atoms with Crippen molar-refractivity contribution in [3.05, 3.63) is 47.7 Å². The summed E-state index contributed by atoms with van der Waals surface area (Å²) in [5, 5.41) is 5.69. The molecule has 0 heterocycles. The number of amides is 2. The van der Waals surface area contributed by atoms with Crippen LogP contribution in [0.5, 0.6) is 0 Å². The summed E-state index contributed by atoms with van der Waals surface area (Å²) < 4.78 is 0. The number of nitroso groups, excluding NO2 is 1. The lowest BCUT2D eigenvalue weighted by Crippen LogP contribution is -2.40. The van der Waals surface area contributed by atoms with Crippen molar-refractivity contribution in [2.45, 2.75) is 18.5 Å². The molecule has 6 heteroatoms. The molecule has 91 valence electrons. The number of nitrogens with zero attached hydrogens (tertiary/aromatic N) is 2. The average molecular weight is 255 g/mol. The van der Waals surface area contributed by atoms with E-state index >= 15 is 0 Å². The first-order chi connectivity index (χ1) is 8.06. The number of halogens is 1. The number of carbonyl (C=O) groups excluding carboxylic acids is 1. The highest BCUT2D eigenvalue weighted by Gasteiger charge is 2.21. The maximum Gasteiger partial charge on any atom is 0.342 e. The van der Waals surface area contributed by atoms with E-state index < -0.39 is 17.6 Å². The summed E-state index contributed by atoms with van der Waals surface area (Å²) in [6.45, 7) is 5.25. The number of urea groups is 1. The minimum absolute atomic E-state index is 0.469. The van der Waals surface area contributed by atoms with Crippen molar-refractivity contribution < 1.29 is 4.79 Å². The molecular weight excluding hydrogens is 242 g/mol. The average Bonchev–Trinajstić information content (AvgIpc) is 2.30. The van der Waals surface area contributed by atoms with Crippen LogP contribution in [0.15, 0.2) is 35.6 Å². The maximum absolute atomic E-state index is 11.6. The van der Waals surface area contributed by atoms with Crippen LogP contribution in [-0.2, 0) is 0 Å². The molecular formula is C11H13ClN3O2. The second kappa shape index (κ2) is 6.20. The smallest absolute Gasteiger partial charge is 0.330 e. The molecule has 0 spiro atoms. The van der Waals surface area contributed by atoms with Crippen molar-refractivity contribution in [1.82, 2.24) is 10.3 Å². The summed E-state index contributed by atoms with van der Waals surface area (Å²) in [5.41, 5.74) is 0.0180. The van der Waals surface area contributed by atoms with Gasteiger partial charge in [-0.15, -0.1) is 4.91 Å². The Balaban J connectivity index is 2.66. The number of nitrogens with one attached hydrogen (secondary N) is 1. The molecule has 0 fully saturated rings. The summed E-state index contributed by atoms with van der Waals surface area (Å²) in [7, 11) is 0. The predicted molar refractivity (Wildman–Crippen MR) is 66.0 cm³/mol. The Labute approximate surface area is 105 Å². The van der Waals surface area contributed by atoms with Gasteiger partial charge in [0.1, 0.15) is 5.50 Å². The minimum atomic E-state index is -0.810. The molecule has 1 aromatic carbocycles. The van der Waals surface area contributed by atoms with Crippen molar-refractivity contribution in [3.8, 4) is 0 Å². The molecule has 2 atom stereocenters. The summed E-state index contributed by atoms with van der Waals surface area (Å²) >= 11 is 5.62. The predicted octanol–water partition coefficient (Wildman–Crippen LogP) is 2.84. The number of benzene rings is 1. The van der Waals surface area contributed by atoms with E-state index in [0.29, 0.717) is 5.01 Å². The van der Waals surface area contributed by atoms with E-state index in [2.05, 4.69) is 17.5 Å². The van der Waals surface area contributed by atoms with Gasteiger partial charge in [-0.2, -0.15) is 5.01 Å². The Hall–Kier alpha value is -1.62. The topological polar surface area (TPSA) is 61.8 Å². The highest BCUT2D eigenvalue weighted by atomic mass is 35.5. The molecule has 0 aliphatic rings. The van der Waals surface area contributed by atoms with Gasteiger partial charge in [-0.3, -0.25) is 0 Å². The van der Waals surface area contributed by atoms with E-state index in [1.165, 1.54) is 6.92 Å². The van der Waals surface area contributed by atoms with Crippen LogP contribution < -0.4 is 5.32 Å². The van der Waals surface area contributed by atoms with Crippen molar-refractivity contribution in [3.63, 3.8) is 0 Å². The molecule has 2 amide bonds. The van der Waals surface area contributed by atoms with Gasteiger partial charge in [0.25, 0.3) is 0 Å². The Morgan fingerprint density at radius 2 is 2.06 bits per heavy atom. The second-order valence-corrected chi connectivity index (χ2v) is 4.04. The molecule has 2 unspecified atom stereocenters. The van der Waals surface area contributed by atoms with Crippen LogP contribution in [0, 0.1) is 11.8 Å². The second-order valence-electron chi connectivity index (χ2n) is 3.41. The van der Waals surface area contributed by atoms with Gasteiger partial charge < -0.3 is 5.32 Å². The van der Waals surface area contributed by atoms with Gasteiger partial charge in [-0.1, -0.05) is 41.9 Å². The van der Waals surface area contributed by atoms with Crippen molar-refractivity contribution >= 4 is 17.6 Å². The van der Waals surface area contributed by atoms with E-state index in [0.717, 1.165) is 5.56 Å². The molecule has 1 radical (unpaired) electrons. The highest BCUT2D eigenvalue weighted by molar-refractivity contribution is 6.20. The molecule has 1 rings (SSSR count). The third-order valence-corrected chi connectivity index (χ3v) is 2.32. The van der Waals surface area contributed by atoms with Gasteiger partial charge in [0.05, 0.1) is 11.3 Å². The zero-order valence-corrected chi connectivity index (χ0v) is 10.1. The van der Waals surface area contributed by atoms with Crippen LogP contribution >= 0.6 is 11.6 Å². The Bertz CT molecular complexity index is 384. The monoisotopic (exact) mass is 254 g/mol. The number of carbonyl (C=O) groups is 1. The minimum Gasteiger partial charge on any atom is -0.330 e. The van der Waals surface area contributed by atoms with Crippen molar-refractivity contribution in [1.29, 1.82) is 0 Å². The lowest BCUT2D eigenvalue weighted by molar-refractivity contribution is 0.194. The Morgan fingerprint density at radius 3 is 2.53 bits per heavy atom. The van der Waals surface area contributed by atoms with E-state index in [1.54, 1.807) is 0 Å². The van der Waals surface area contributed by atoms with E-state index in [-0.39, 0.29) is 0 Å². The highest BCUT2D eigenvalue weighted by Crippen LogP contribution is 2.12. The van der Waals surface area contributed by atoms with Gasteiger partial charge in [0.2, 0.25) is 0 Å². The van der Waals surface area contributed by atoms with Gasteiger partial charge in [-0.25, -0.2) is 4.79 Å². The van der Waals surface area contributed by atoms with Gasteiger partial charge in [-0.05, 0) is 19.4 Å². The fourth-order valence-electron chi connectivity index (χ4n) is 1.25. The van der Waals surface area contributed by atoms with Crippen LogP contribution in [-0.4, -0.2) is 16.5 Å².